The third-order valence-electron chi connectivity index (χ3n) is 4.84. The lowest BCUT2D eigenvalue weighted by Crippen LogP contribution is -2.10. The average molecular weight is 352 g/mol. The molecule has 0 aliphatic heterocycles. The summed E-state index contributed by atoms with van der Waals surface area (Å²) < 4.78 is 5.69. The molecule has 3 aromatic rings. The van der Waals surface area contributed by atoms with Crippen molar-refractivity contribution in [2.45, 2.75) is 25.9 Å². The highest BCUT2D eigenvalue weighted by molar-refractivity contribution is 6.33. The normalized spacial score (nSPS) is 13.8. The summed E-state index contributed by atoms with van der Waals surface area (Å²) in [5.74, 6) is -0.465. The number of hydrogen-bond acceptors (Lipinski definition) is 3. The summed E-state index contributed by atoms with van der Waals surface area (Å²) in [5.41, 5.74) is 10.3. The first kappa shape index (κ1) is 16.0. The Labute approximate surface area is 151 Å². The van der Waals surface area contributed by atoms with Gasteiger partial charge in [0.1, 0.15) is 6.10 Å². The van der Waals surface area contributed by atoms with Gasteiger partial charge < -0.3 is 10.5 Å². The molecule has 25 heavy (non-hydrogen) atoms. The molecule has 3 nitrogen and oxygen atoms in total. The molecule has 1 aliphatic carbocycles. The average Bonchev–Trinajstić information content (AvgIpc) is 3.02. The van der Waals surface area contributed by atoms with E-state index in [0.717, 1.165) is 23.8 Å². The molecule has 0 radical (unpaired) electrons. The summed E-state index contributed by atoms with van der Waals surface area (Å²) in [5, 5.41) is 2.81. The van der Waals surface area contributed by atoms with Crippen molar-refractivity contribution in [3.63, 3.8) is 0 Å². The maximum Gasteiger partial charge on any atom is 0.340 e. The molecule has 0 aromatic heterocycles. The van der Waals surface area contributed by atoms with Gasteiger partial charge in [-0.3, -0.25) is 0 Å². The smallest absolute Gasteiger partial charge is 0.340 e. The van der Waals surface area contributed by atoms with E-state index in [4.69, 9.17) is 22.1 Å². The first-order chi connectivity index (χ1) is 12.0. The van der Waals surface area contributed by atoms with Gasteiger partial charge in [0.2, 0.25) is 0 Å². The third-order valence-corrected chi connectivity index (χ3v) is 5.17. The minimum absolute atomic E-state index is 0.291. The second-order valence-electron chi connectivity index (χ2n) is 6.44. The predicted octanol–water partition coefficient (Wildman–Crippen LogP) is 5.09. The van der Waals surface area contributed by atoms with Gasteiger partial charge >= 0.3 is 5.97 Å². The number of ether oxygens (including phenoxy) is 1. The van der Waals surface area contributed by atoms with Gasteiger partial charge in [-0.2, -0.15) is 0 Å². The van der Waals surface area contributed by atoms with Crippen LogP contribution in [0.1, 0.15) is 40.1 Å². The highest BCUT2D eigenvalue weighted by atomic mass is 35.5. The minimum Gasteiger partial charge on any atom is -0.454 e. The summed E-state index contributed by atoms with van der Waals surface area (Å²) >= 11 is 6.11. The van der Waals surface area contributed by atoms with Crippen LogP contribution in [-0.2, 0) is 17.6 Å². The van der Waals surface area contributed by atoms with Gasteiger partial charge in [-0.1, -0.05) is 41.9 Å². The van der Waals surface area contributed by atoms with Crippen LogP contribution in [0.2, 0.25) is 5.02 Å². The zero-order valence-corrected chi connectivity index (χ0v) is 14.6. The van der Waals surface area contributed by atoms with Crippen LogP contribution in [0.4, 0.5) is 5.69 Å². The molecule has 0 unspecified atom stereocenters. The quantitative estimate of drug-likeness (QED) is 0.528. The molecule has 1 aliphatic rings. The number of rotatable bonds is 3. The Morgan fingerprint density at radius 3 is 2.68 bits per heavy atom. The van der Waals surface area contributed by atoms with E-state index in [2.05, 4.69) is 30.3 Å². The Morgan fingerprint density at radius 1 is 1.12 bits per heavy atom. The van der Waals surface area contributed by atoms with Crippen LogP contribution in [0.25, 0.3) is 10.8 Å². The van der Waals surface area contributed by atoms with Gasteiger partial charge in [-0.05, 0) is 59.9 Å². The van der Waals surface area contributed by atoms with Crippen molar-refractivity contribution in [2.24, 2.45) is 0 Å². The number of hydrogen-bond donors (Lipinski definition) is 1. The number of benzene rings is 3. The lowest BCUT2D eigenvalue weighted by atomic mass is 9.97. The van der Waals surface area contributed by atoms with E-state index in [1.165, 1.54) is 16.5 Å². The summed E-state index contributed by atoms with van der Waals surface area (Å²) in [6, 6.07) is 15.4. The lowest BCUT2D eigenvalue weighted by Gasteiger charge is -2.17. The fourth-order valence-corrected chi connectivity index (χ4v) is 3.81. The number of nitrogen functional groups attached to an aromatic ring is 1. The molecule has 0 fully saturated rings. The topological polar surface area (TPSA) is 52.3 Å². The molecule has 126 valence electrons. The predicted molar refractivity (Wildman–Crippen MR) is 101 cm³/mol. The molecule has 0 bridgehead atoms. The van der Waals surface area contributed by atoms with Crippen molar-refractivity contribution < 1.29 is 9.53 Å². The van der Waals surface area contributed by atoms with E-state index < -0.39 is 5.97 Å². The number of esters is 1. The Bertz CT molecular complexity index is 986. The second kappa shape index (κ2) is 6.08. The highest BCUT2D eigenvalue weighted by Gasteiger charge is 2.21. The highest BCUT2D eigenvalue weighted by Crippen LogP contribution is 2.36. The molecular weight excluding hydrogens is 334 g/mol. The molecule has 0 saturated heterocycles. The Balaban J connectivity index is 1.68. The lowest BCUT2D eigenvalue weighted by molar-refractivity contribution is 0.0341. The van der Waals surface area contributed by atoms with E-state index >= 15 is 0 Å². The van der Waals surface area contributed by atoms with Gasteiger partial charge in [0.25, 0.3) is 0 Å². The van der Waals surface area contributed by atoms with Gasteiger partial charge in [-0.25, -0.2) is 4.79 Å². The standard InChI is InChI=1S/C21H18ClNO2/c1-12(25-21(24)18-11-15(23)8-10-19(18)22)16-9-7-14-6-5-13-3-2-4-17(16)20(13)14/h2-4,7-12H,5-6,23H2,1H3/t12-/m0/s1. The van der Waals surface area contributed by atoms with Crippen LogP contribution in [0, 0.1) is 0 Å². The van der Waals surface area contributed by atoms with Crippen molar-refractivity contribution in [1.82, 2.24) is 0 Å². The van der Waals surface area contributed by atoms with Crippen LogP contribution in [0.15, 0.2) is 48.5 Å². The van der Waals surface area contributed by atoms with Crippen molar-refractivity contribution in [2.75, 3.05) is 5.73 Å². The first-order valence-electron chi connectivity index (χ1n) is 8.34. The van der Waals surface area contributed by atoms with Gasteiger partial charge in [-0.15, -0.1) is 0 Å². The number of carbonyl (C=O) groups is 1. The van der Waals surface area contributed by atoms with Crippen LogP contribution in [0.5, 0.6) is 0 Å². The van der Waals surface area contributed by atoms with E-state index in [1.54, 1.807) is 18.2 Å². The molecular formula is C21H18ClNO2. The van der Waals surface area contributed by atoms with Gasteiger partial charge in [0, 0.05) is 11.3 Å². The summed E-state index contributed by atoms with van der Waals surface area (Å²) in [7, 11) is 0. The van der Waals surface area contributed by atoms with Gasteiger partial charge in [0.15, 0.2) is 0 Å². The molecule has 0 saturated carbocycles. The monoisotopic (exact) mass is 351 g/mol. The number of anilines is 1. The molecule has 1 atom stereocenters. The third kappa shape index (κ3) is 2.75. The first-order valence-corrected chi connectivity index (χ1v) is 8.72. The number of carbonyl (C=O) groups excluding carboxylic acids is 1. The zero-order chi connectivity index (χ0) is 17.6. The zero-order valence-electron chi connectivity index (χ0n) is 13.9. The fraction of sp³-hybridized carbons (Fsp3) is 0.190. The molecule has 4 rings (SSSR count). The summed E-state index contributed by atoms with van der Waals surface area (Å²) in [6.45, 7) is 1.89. The molecule has 4 heteroatoms. The number of aryl methyl sites for hydroxylation is 2. The van der Waals surface area contributed by atoms with E-state index in [0.29, 0.717) is 16.3 Å². The Hall–Kier alpha value is -2.52. The van der Waals surface area contributed by atoms with E-state index in [-0.39, 0.29) is 6.10 Å². The van der Waals surface area contributed by atoms with Crippen molar-refractivity contribution in [1.29, 1.82) is 0 Å². The van der Waals surface area contributed by atoms with E-state index in [9.17, 15) is 4.79 Å². The minimum atomic E-state index is -0.465. The largest absolute Gasteiger partial charge is 0.454 e. The SMILES string of the molecule is C[C@H](OC(=O)c1cc(N)ccc1Cl)c1ccc2c3c(cccc13)CC2. The van der Waals surface area contributed by atoms with Crippen molar-refractivity contribution in [3.8, 4) is 0 Å². The summed E-state index contributed by atoms with van der Waals surface area (Å²) in [6.07, 6.45) is 1.77. The maximum absolute atomic E-state index is 12.5. The van der Waals surface area contributed by atoms with Crippen LogP contribution in [-0.4, -0.2) is 5.97 Å². The fourth-order valence-electron chi connectivity index (χ4n) is 3.61. The molecule has 2 N–H and O–H groups in total. The summed E-state index contributed by atoms with van der Waals surface area (Å²) in [4.78, 5) is 12.5. The number of halogens is 1. The Kier molecular flexibility index (Phi) is 3.89. The molecule has 0 heterocycles. The van der Waals surface area contributed by atoms with Crippen LogP contribution in [0.3, 0.4) is 0 Å². The molecule has 0 spiro atoms. The number of nitrogens with two attached hydrogens (primary N) is 1. The van der Waals surface area contributed by atoms with Crippen molar-refractivity contribution >= 4 is 34.0 Å². The molecule has 3 aromatic carbocycles. The van der Waals surface area contributed by atoms with Crippen LogP contribution >= 0.6 is 11.6 Å². The Morgan fingerprint density at radius 2 is 1.88 bits per heavy atom. The van der Waals surface area contributed by atoms with Gasteiger partial charge in [0.05, 0.1) is 10.6 Å². The molecule has 0 amide bonds. The second-order valence-corrected chi connectivity index (χ2v) is 6.85. The van der Waals surface area contributed by atoms with E-state index in [1.807, 2.05) is 6.92 Å². The maximum atomic E-state index is 12.5. The van der Waals surface area contributed by atoms with Crippen molar-refractivity contribution in [3.05, 3.63) is 75.8 Å². The van der Waals surface area contributed by atoms with Crippen LogP contribution < -0.4 is 5.73 Å².